The van der Waals surface area contributed by atoms with Gasteiger partial charge in [-0.3, -0.25) is 4.90 Å². The standard InChI is InChI=1S/C23H32FNO4/c1-16(2)23(15-17-3-5-19(23)13-17)29-21-14-18(4-6-20(21)24)22(26)28-12-9-25-7-10-27-11-8-25/h4,6,14,16-17,19H,3,5,7-13,15H2,1-2H3. The van der Waals surface area contributed by atoms with E-state index in [9.17, 15) is 9.18 Å². The molecule has 3 aliphatic rings. The Hall–Kier alpha value is -1.66. The lowest BCUT2D eigenvalue weighted by molar-refractivity contribution is -0.0311. The third-order valence-electron chi connectivity index (χ3n) is 7.03. The molecule has 5 nitrogen and oxygen atoms in total. The van der Waals surface area contributed by atoms with Crippen LogP contribution in [0.5, 0.6) is 5.75 Å². The van der Waals surface area contributed by atoms with Crippen LogP contribution in [0.15, 0.2) is 18.2 Å². The van der Waals surface area contributed by atoms with Gasteiger partial charge in [0.15, 0.2) is 11.6 Å². The van der Waals surface area contributed by atoms with Gasteiger partial charge in [-0.25, -0.2) is 9.18 Å². The first-order valence-electron chi connectivity index (χ1n) is 10.9. The highest BCUT2D eigenvalue weighted by molar-refractivity contribution is 5.89. The van der Waals surface area contributed by atoms with Crippen molar-refractivity contribution in [1.82, 2.24) is 4.90 Å². The Kier molecular flexibility index (Phi) is 6.11. The molecule has 0 aromatic heterocycles. The van der Waals surface area contributed by atoms with Crippen LogP contribution in [0.2, 0.25) is 0 Å². The molecule has 0 N–H and O–H groups in total. The van der Waals surface area contributed by atoms with Crippen LogP contribution >= 0.6 is 0 Å². The van der Waals surface area contributed by atoms with E-state index >= 15 is 0 Å². The Balaban J connectivity index is 1.41. The fraction of sp³-hybridized carbons (Fsp3) is 0.696. The SMILES string of the molecule is CC(C)C1(Oc2cc(C(=O)OCCN3CCOCC3)ccc2F)CC2CCC1C2. The van der Waals surface area contributed by atoms with Crippen LogP contribution < -0.4 is 4.74 Å². The number of nitrogens with zero attached hydrogens (tertiary/aromatic N) is 1. The highest BCUT2D eigenvalue weighted by Crippen LogP contribution is 2.55. The number of esters is 1. The van der Waals surface area contributed by atoms with Crippen molar-refractivity contribution in [2.24, 2.45) is 17.8 Å². The van der Waals surface area contributed by atoms with E-state index in [1.165, 1.54) is 31.0 Å². The maximum Gasteiger partial charge on any atom is 0.338 e. The summed E-state index contributed by atoms with van der Waals surface area (Å²) in [4.78, 5) is 14.7. The van der Waals surface area contributed by atoms with Gasteiger partial charge in [-0.1, -0.05) is 13.8 Å². The van der Waals surface area contributed by atoms with Crippen molar-refractivity contribution < 1.29 is 23.4 Å². The summed E-state index contributed by atoms with van der Waals surface area (Å²) in [5.74, 6) is 0.761. The average Bonchev–Trinajstić information content (AvgIpc) is 3.32. The summed E-state index contributed by atoms with van der Waals surface area (Å²) >= 11 is 0. The van der Waals surface area contributed by atoms with Gasteiger partial charge in [-0.2, -0.15) is 0 Å². The summed E-state index contributed by atoms with van der Waals surface area (Å²) in [7, 11) is 0. The molecule has 0 spiro atoms. The second kappa shape index (κ2) is 8.60. The van der Waals surface area contributed by atoms with E-state index < -0.39 is 11.8 Å². The van der Waals surface area contributed by atoms with Crippen molar-refractivity contribution in [2.45, 2.75) is 45.1 Å². The van der Waals surface area contributed by atoms with Gasteiger partial charge < -0.3 is 14.2 Å². The predicted octanol–water partition coefficient (Wildman–Crippen LogP) is 3.91. The van der Waals surface area contributed by atoms with Gasteiger partial charge in [0.25, 0.3) is 0 Å². The van der Waals surface area contributed by atoms with Gasteiger partial charge in [0.2, 0.25) is 0 Å². The number of carbonyl (C=O) groups is 1. The molecule has 1 heterocycles. The van der Waals surface area contributed by atoms with Gasteiger partial charge in [0.05, 0.1) is 18.8 Å². The Morgan fingerprint density at radius 2 is 2.10 bits per heavy atom. The number of hydrogen-bond acceptors (Lipinski definition) is 5. The Bertz CT molecular complexity index is 734. The Labute approximate surface area is 172 Å². The minimum absolute atomic E-state index is 0.175. The van der Waals surface area contributed by atoms with Gasteiger partial charge in [0, 0.05) is 19.6 Å². The molecule has 2 aliphatic carbocycles. The number of hydrogen-bond donors (Lipinski definition) is 0. The minimum atomic E-state index is -0.436. The molecule has 3 unspecified atom stereocenters. The molecule has 1 aliphatic heterocycles. The summed E-state index contributed by atoms with van der Waals surface area (Å²) < 4.78 is 31.7. The number of benzene rings is 1. The lowest BCUT2D eigenvalue weighted by Gasteiger charge is -2.41. The number of carbonyl (C=O) groups excluding carboxylic acids is 1. The van der Waals surface area contributed by atoms with Crippen LogP contribution in [-0.2, 0) is 9.47 Å². The number of morpholine rings is 1. The van der Waals surface area contributed by atoms with Crippen LogP contribution in [0, 0.1) is 23.6 Å². The van der Waals surface area contributed by atoms with E-state index in [0.717, 1.165) is 25.9 Å². The lowest BCUT2D eigenvalue weighted by Crippen LogP contribution is -2.46. The molecule has 160 valence electrons. The molecular formula is C23H32FNO4. The van der Waals surface area contributed by atoms with E-state index in [-0.39, 0.29) is 11.4 Å². The molecule has 1 aromatic carbocycles. The van der Waals surface area contributed by atoms with Gasteiger partial charge in [0.1, 0.15) is 12.2 Å². The summed E-state index contributed by atoms with van der Waals surface area (Å²) in [6.07, 6.45) is 4.54. The first-order valence-corrected chi connectivity index (χ1v) is 10.9. The quantitative estimate of drug-likeness (QED) is 0.644. The second-order valence-corrected chi connectivity index (χ2v) is 9.03. The van der Waals surface area contributed by atoms with Gasteiger partial charge in [-0.15, -0.1) is 0 Å². The number of fused-ring (bicyclic) bond motifs is 2. The summed E-state index contributed by atoms with van der Waals surface area (Å²) in [5.41, 5.74) is 0.00763. The Morgan fingerprint density at radius 1 is 1.31 bits per heavy atom. The first-order chi connectivity index (χ1) is 14.0. The zero-order valence-electron chi connectivity index (χ0n) is 17.5. The van der Waals surface area contributed by atoms with Crippen molar-refractivity contribution in [3.63, 3.8) is 0 Å². The van der Waals surface area contributed by atoms with Crippen LogP contribution in [0.25, 0.3) is 0 Å². The summed E-state index contributed by atoms with van der Waals surface area (Å²) in [6.45, 7) is 8.44. The number of halogens is 1. The predicted molar refractivity (Wildman–Crippen MR) is 108 cm³/mol. The van der Waals surface area contributed by atoms with E-state index in [1.54, 1.807) is 0 Å². The molecule has 3 atom stereocenters. The van der Waals surface area contributed by atoms with Crippen molar-refractivity contribution in [1.29, 1.82) is 0 Å². The maximum absolute atomic E-state index is 14.6. The van der Waals surface area contributed by atoms with E-state index in [0.29, 0.717) is 49.7 Å². The highest BCUT2D eigenvalue weighted by atomic mass is 19.1. The van der Waals surface area contributed by atoms with E-state index in [2.05, 4.69) is 18.7 Å². The third-order valence-corrected chi connectivity index (χ3v) is 7.03. The van der Waals surface area contributed by atoms with Crippen molar-refractivity contribution >= 4 is 5.97 Å². The van der Waals surface area contributed by atoms with E-state index in [1.807, 2.05) is 0 Å². The molecule has 2 bridgehead atoms. The second-order valence-electron chi connectivity index (χ2n) is 9.03. The Morgan fingerprint density at radius 3 is 2.76 bits per heavy atom. The van der Waals surface area contributed by atoms with Crippen molar-refractivity contribution in [3.05, 3.63) is 29.6 Å². The number of rotatable bonds is 7. The largest absolute Gasteiger partial charge is 0.484 e. The zero-order valence-corrected chi connectivity index (χ0v) is 17.5. The highest BCUT2D eigenvalue weighted by Gasteiger charge is 2.54. The monoisotopic (exact) mass is 405 g/mol. The topological polar surface area (TPSA) is 48.0 Å². The van der Waals surface area contributed by atoms with Crippen molar-refractivity contribution in [3.8, 4) is 5.75 Å². The van der Waals surface area contributed by atoms with Crippen LogP contribution in [0.3, 0.4) is 0 Å². The van der Waals surface area contributed by atoms with Crippen LogP contribution in [0.4, 0.5) is 4.39 Å². The summed E-state index contributed by atoms with van der Waals surface area (Å²) in [5, 5.41) is 0. The van der Waals surface area contributed by atoms with Gasteiger partial charge >= 0.3 is 5.97 Å². The minimum Gasteiger partial charge on any atom is -0.484 e. The molecular weight excluding hydrogens is 373 g/mol. The molecule has 4 rings (SSSR count). The zero-order chi connectivity index (χ0) is 20.4. The molecule has 0 amide bonds. The molecule has 6 heteroatoms. The molecule has 1 aromatic rings. The summed E-state index contributed by atoms with van der Waals surface area (Å²) in [6, 6.07) is 4.31. The molecule has 0 radical (unpaired) electrons. The van der Waals surface area contributed by atoms with Crippen LogP contribution in [-0.4, -0.2) is 55.9 Å². The fourth-order valence-electron chi connectivity index (χ4n) is 5.36. The normalized spacial score (nSPS) is 29.4. The molecule has 2 saturated carbocycles. The third kappa shape index (κ3) is 4.29. The van der Waals surface area contributed by atoms with Gasteiger partial charge in [-0.05, 0) is 61.6 Å². The average molecular weight is 406 g/mol. The molecule has 3 fully saturated rings. The smallest absolute Gasteiger partial charge is 0.338 e. The fourth-order valence-corrected chi connectivity index (χ4v) is 5.36. The maximum atomic E-state index is 14.6. The first kappa shape index (κ1) is 20.6. The van der Waals surface area contributed by atoms with Crippen molar-refractivity contribution in [2.75, 3.05) is 39.5 Å². The number of ether oxygens (including phenoxy) is 3. The van der Waals surface area contributed by atoms with Crippen LogP contribution in [0.1, 0.15) is 49.9 Å². The molecule has 1 saturated heterocycles. The lowest BCUT2D eigenvalue weighted by atomic mass is 9.76. The molecule has 29 heavy (non-hydrogen) atoms. The van der Waals surface area contributed by atoms with E-state index in [4.69, 9.17) is 14.2 Å².